The summed E-state index contributed by atoms with van der Waals surface area (Å²) < 4.78 is 8.05. The zero-order valence-corrected chi connectivity index (χ0v) is 11.9. The number of rotatable bonds is 3. The average molecular weight is 345 g/mol. The van der Waals surface area contributed by atoms with Gasteiger partial charge in [0.1, 0.15) is 11.8 Å². The molecule has 6 nitrogen and oxygen atoms in total. The number of aromatic nitrogens is 3. The molecule has 17 heavy (non-hydrogen) atoms. The number of ether oxygens (including phenoxy) is 1. The molecule has 0 N–H and O–H groups in total. The molecule has 0 fully saturated rings. The van der Waals surface area contributed by atoms with E-state index in [-0.39, 0.29) is 0 Å². The van der Waals surface area contributed by atoms with Crippen molar-refractivity contribution < 1.29 is 4.74 Å². The maximum Gasteiger partial charge on any atom is 0.200 e. The van der Waals surface area contributed by atoms with Crippen LogP contribution >= 0.6 is 22.6 Å². The van der Waals surface area contributed by atoms with E-state index in [2.05, 4.69) is 37.7 Å². The minimum absolute atomic E-state index is 0.548. The van der Waals surface area contributed by atoms with Crippen LogP contribution in [0.25, 0.3) is 5.52 Å². The Bertz CT molecular complexity index is 563. The van der Waals surface area contributed by atoms with Crippen LogP contribution in [-0.2, 0) is 0 Å². The third-order valence-electron chi connectivity index (χ3n) is 2.07. The number of halogens is 1. The first kappa shape index (κ1) is 12.1. The summed E-state index contributed by atoms with van der Waals surface area (Å²) in [7, 11) is 5.41. The highest BCUT2D eigenvalue weighted by molar-refractivity contribution is 14.1. The van der Waals surface area contributed by atoms with E-state index in [0.29, 0.717) is 11.6 Å². The van der Waals surface area contributed by atoms with Crippen LogP contribution in [0.1, 0.15) is 0 Å². The van der Waals surface area contributed by atoms with E-state index in [4.69, 9.17) is 4.74 Å². The Balaban J connectivity index is 2.60. The van der Waals surface area contributed by atoms with Crippen molar-refractivity contribution in [2.45, 2.75) is 0 Å². The molecule has 2 heterocycles. The van der Waals surface area contributed by atoms with E-state index in [1.54, 1.807) is 30.5 Å². The van der Waals surface area contributed by atoms with Crippen LogP contribution < -0.4 is 4.74 Å². The molecular formula is C10H12IN5O. The summed E-state index contributed by atoms with van der Waals surface area (Å²) >= 11 is 2.21. The summed E-state index contributed by atoms with van der Waals surface area (Å²) in [6.45, 7) is 0. The van der Waals surface area contributed by atoms with Gasteiger partial charge in [0.25, 0.3) is 0 Å². The number of nitrogens with zero attached hydrogens (tertiary/aromatic N) is 5. The van der Waals surface area contributed by atoms with E-state index in [1.165, 1.54) is 0 Å². The molecule has 0 aliphatic heterocycles. The van der Waals surface area contributed by atoms with Crippen molar-refractivity contribution in [2.24, 2.45) is 4.99 Å². The van der Waals surface area contributed by atoms with Crippen molar-refractivity contribution in [3.8, 4) is 5.75 Å². The Morgan fingerprint density at radius 3 is 2.94 bits per heavy atom. The van der Waals surface area contributed by atoms with E-state index in [0.717, 1.165) is 9.09 Å². The predicted molar refractivity (Wildman–Crippen MR) is 74.1 cm³/mol. The molecule has 0 aromatic carbocycles. The van der Waals surface area contributed by atoms with Gasteiger partial charge in [0.05, 0.1) is 23.2 Å². The molecule has 0 bridgehead atoms. The maximum atomic E-state index is 5.37. The van der Waals surface area contributed by atoms with Gasteiger partial charge >= 0.3 is 0 Å². The minimum Gasteiger partial charge on any atom is -0.491 e. The SMILES string of the molecule is COc1c(N=CN(C)C)ncn2ncc(I)c12. The number of methoxy groups -OCH3 is 1. The maximum absolute atomic E-state index is 5.37. The molecule has 7 heteroatoms. The molecule has 0 saturated heterocycles. The van der Waals surface area contributed by atoms with E-state index in [1.807, 2.05) is 19.0 Å². The van der Waals surface area contributed by atoms with Crippen LogP contribution in [0.5, 0.6) is 5.75 Å². The molecular weight excluding hydrogens is 333 g/mol. The quantitative estimate of drug-likeness (QED) is 0.481. The first-order valence-corrected chi connectivity index (χ1v) is 5.98. The smallest absolute Gasteiger partial charge is 0.200 e. The average Bonchev–Trinajstić information content (AvgIpc) is 2.68. The van der Waals surface area contributed by atoms with Crippen LogP contribution in [0.3, 0.4) is 0 Å². The Morgan fingerprint density at radius 1 is 1.53 bits per heavy atom. The van der Waals surface area contributed by atoms with Gasteiger partial charge in [-0.25, -0.2) is 14.5 Å². The standard InChI is InChI=1S/C10H12IN5O/c1-15(2)5-12-10-9(17-3)8-7(11)4-14-16(8)6-13-10/h4-6H,1-3H3. The molecule has 2 aromatic heterocycles. The normalized spacial score (nSPS) is 11.3. The third-order valence-corrected chi connectivity index (χ3v) is 2.86. The third kappa shape index (κ3) is 2.33. The van der Waals surface area contributed by atoms with Crippen molar-refractivity contribution in [2.75, 3.05) is 21.2 Å². The lowest BCUT2D eigenvalue weighted by Crippen LogP contribution is -2.07. The second-order valence-electron chi connectivity index (χ2n) is 3.60. The zero-order chi connectivity index (χ0) is 12.4. The summed E-state index contributed by atoms with van der Waals surface area (Å²) in [6.07, 6.45) is 5.08. The molecule has 0 atom stereocenters. The molecule has 0 spiro atoms. The largest absolute Gasteiger partial charge is 0.491 e. The molecule has 90 valence electrons. The molecule has 0 saturated carbocycles. The predicted octanol–water partition coefficient (Wildman–Crippen LogP) is 1.56. The summed E-state index contributed by atoms with van der Waals surface area (Å²) in [5, 5.41) is 4.17. The number of hydrogen-bond acceptors (Lipinski definition) is 4. The first-order valence-electron chi connectivity index (χ1n) is 4.90. The van der Waals surface area contributed by atoms with Gasteiger partial charge in [0.15, 0.2) is 11.6 Å². The lowest BCUT2D eigenvalue weighted by Gasteiger charge is -2.07. The lowest BCUT2D eigenvalue weighted by molar-refractivity contribution is 0.416. The Labute approximate surface area is 112 Å². The van der Waals surface area contributed by atoms with Gasteiger partial charge in [-0.15, -0.1) is 0 Å². The lowest BCUT2D eigenvalue weighted by atomic mass is 10.4. The van der Waals surface area contributed by atoms with Crippen LogP contribution in [-0.4, -0.2) is 47.0 Å². The second kappa shape index (κ2) is 4.86. The molecule has 2 aromatic rings. The fourth-order valence-corrected chi connectivity index (χ4v) is 1.98. The van der Waals surface area contributed by atoms with Crippen LogP contribution in [0.15, 0.2) is 17.5 Å². The van der Waals surface area contributed by atoms with E-state index >= 15 is 0 Å². The summed E-state index contributed by atoms with van der Waals surface area (Å²) in [6, 6.07) is 0. The highest BCUT2D eigenvalue weighted by atomic mass is 127. The second-order valence-corrected chi connectivity index (χ2v) is 4.76. The van der Waals surface area contributed by atoms with Crippen LogP contribution in [0.2, 0.25) is 0 Å². The van der Waals surface area contributed by atoms with Gasteiger partial charge in [0.2, 0.25) is 0 Å². The minimum atomic E-state index is 0.548. The summed E-state index contributed by atoms with van der Waals surface area (Å²) in [5.41, 5.74) is 0.883. The first-order chi connectivity index (χ1) is 8.13. The molecule has 0 radical (unpaired) electrons. The monoisotopic (exact) mass is 345 g/mol. The van der Waals surface area contributed by atoms with Gasteiger partial charge in [-0.2, -0.15) is 5.10 Å². The Hall–Kier alpha value is -1.38. The Morgan fingerprint density at radius 2 is 2.29 bits per heavy atom. The molecule has 0 unspecified atom stereocenters. The molecule has 0 aliphatic carbocycles. The fourth-order valence-electron chi connectivity index (χ4n) is 1.37. The van der Waals surface area contributed by atoms with Crippen LogP contribution in [0, 0.1) is 3.57 Å². The fraction of sp³-hybridized carbons (Fsp3) is 0.300. The highest BCUT2D eigenvalue weighted by Gasteiger charge is 2.13. The summed E-state index contributed by atoms with van der Waals surface area (Å²) in [5.74, 6) is 1.18. The van der Waals surface area contributed by atoms with Gasteiger partial charge in [-0.3, -0.25) is 0 Å². The molecule has 0 amide bonds. The van der Waals surface area contributed by atoms with Crippen molar-refractivity contribution in [3.63, 3.8) is 0 Å². The van der Waals surface area contributed by atoms with Crippen molar-refractivity contribution >= 4 is 40.3 Å². The topological polar surface area (TPSA) is 55.0 Å². The number of fused-ring (bicyclic) bond motifs is 1. The van der Waals surface area contributed by atoms with Crippen molar-refractivity contribution in [3.05, 3.63) is 16.1 Å². The van der Waals surface area contributed by atoms with E-state index < -0.39 is 0 Å². The number of hydrogen-bond donors (Lipinski definition) is 0. The molecule has 2 rings (SSSR count). The van der Waals surface area contributed by atoms with Crippen molar-refractivity contribution in [1.82, 2.24) is 19.5 Å². The van der Waals surface area contributed by atoms with Gasteiger partial charge < -0.3 is 9.64 Å². The highest BCUT2D eigenvalue weighted by Crippen LogP contribution is 2.31. The van der Waals surface area contributed by atoms with Crippen molar-refractivity contribution in [1.29, 1.82) is 0 Å². The Kier molecular flexibility index (Phi) is 3.46. The number of aliphatic imine (C=N–C) groups is 1. The zero-order valence-electron chi connectivity index (χ0n) is 9.75. The van der Waals surface area contributed by atoms with Gasteiger partial charge in [0, 0.05) is 14.1 Å². The van der Waals surface area contributed by atoms with Gasteiger partial charge in [-0.1, -0.05) is 0 Å². The van der Waals surface area contributed by atoms with E-state index in [9.17, 15) is 0 Å². The summed E-state index contributed by atoms with van der Waals surface area (Å²) in [4.78, 5) is 10.3. The van der Waals surface area contributed by atoms with Crippen LogP contribution in [0.4, 0.5) is 5.82 Å². The van der Waals surface area contributed by atoms with Gasteiger partial charge in [-0.05, 0) is 22.6 Å². The molecule has 0 aliphatic rings.